The van der Waals surface area contributed by atoms with Crippen LogP contribution in [0.3, 0.4) is 0 Å². The quantitative estimate of drug-likeness (QED) is 0.518. The Labute approximate surface area is 106 Å². The van der Waals surface area contributed by atoms with Crippen LogP contribution in [0.2, 0.25) is 0 Å². The summed E-state index contributed by atoms with van der Waals surface area (Å²) in [6.07, 6.45) is 4.93. The van der Waals surface area contributed by atoms with Crippen molar-refractivity contribution < 1.29 is 28.5 Å². The molecule has 0 bridgehead atoms. The molecule has 0 aromatic rings. The van der Waals surface area contributed by atoms with E-state index in [9.17, 15) is 9.59 Å². The number of hydrogen-bond donors (Lipinski definition) is 0. The van der Waals surface area contributed by atoms with Gasteiger partial charge in [-0.25, -0.2) is 4.79 Å². The highest BCUT2D eigenvalue weighted by Gasteiger charge is 2.44. The summed E-state index contributed by atoms with van der Waals surface area (Å²) in [5, 5.41) is 0. The first-order chi connectivity index (χ1) is 8.56. The third kappa shape index (κ3) is 3.45. The third-order valence-corrected chi connectivity index (χ3v) is 2.63. The lowest BCUT2D eigenvalue weighted by molar-refractivity contribution is -0.185. The van der Waals surface area contributed by atoms with Crippen molar-refractivity contribution in [2.45, 2.75) is 31.2 Å². The third-order valence-electron chi connectivity index (χ3n) is 2.63. The van der Waals surface area contributed by atoms with Gasteiger partial charge in [0.1, 0.15) is 0 Å². The predicted octanol–water partition coefficient (Wildman–Crippen LogP) is 0.248. The Morgan fingerprint density at radius 2 is 2.17 bits per heavy atom. The molecule has 0 aromatic heterocycles. The molecular weight excluding hydrogens is 240 g/mol. The molecule has 18 heavy (non-hydrogen) atoms. The van der Waals surface area contributed by atoms with Crippen LogP contribution in [-0.4, -0.2) is 44.7 Å². The van der Waals surface area contributed by atoms with E-state index < -0.39 is 17.9 Å². The number of carbonyl (C=O) groups excluding carboxylic acids is 2. The SMILES string of the molecule is C#CC[C@]1(CCC(=O)OC)OC[C@H](C(=O)OC)O1. The molecule has 0 N–H and O–H groups in total. The second kappa shape index (κ2) is 6.38. The van der Waals surface area contributed by atoms with Gasteiger partial charge in [-0.2, -0.15) is 0 Å². The Bertz CT molecular complexity index is 358. The minimum atomic E-state index is -1.11. The van der Waals surface area contributed by atoms with Crippen molar-refractivity contribution in [2.75, 3.05) is 20.8 Å². The van der Waals surface area contributed by atoms with Crippen molar-refractivity contribution in [3.63, 3.8) is 0 Å². The fraction of sp³-hybridized carbons (Fsp3) is 0.667. The molecule has 0 unspecified atom stereocenters. The Morgan fingerprint density at radius 1 is 1.44 bits per heavy atom. The van der Waals surface area contributed by atoms with Crippen molar-refractivity contribution in [3.8, 4) is 12.3 Å². The molecule has 6 heteroatoms. The predicted molar refractivity (Wildman–Crippen MR) is 60.3 cm³/mol. The van der Waals surface area contributed by atoms with Crippen LogP contribution in [0.5, 0.6) is 0 Å². The molecule has 1 heterocycles. The lowest BCUT2D eigenvalue weighted by Crippen LogP contribution is -2.33. The minimum absolute atomic E-state index is 0.0650. The van der Waals surface area contributed by atoms with Crippen LogP contribution in [0, 0.1) is 12.3 Å². The molecule has 0 saturated carbocycles. The lowest BCUT2D eigenvalue weighted by atomic mass is 10.1. The van der Waals surface area contributed by atoms with E-state index >= 15 is 0 Å². The molecule has 100 valence electrons. The highest BCUT2D eigenvalue weighted by molar-refractivity contribution is 5.75. The van der Waals surface area contributed by atoms with Crippen LogP contribution in [0.1, 0.15) is 19.3 Å². The van der Waals surface area contributed by atoms with E-state index in [0.29, 0.717) is 0 Å². The van der Waals surface area contributed by atoms with Crippen LogP contribution >= 0.6 is 0 Å². The first kappa shape index (κ1) is 14.5. The van der Waals surface area contributed by atoms with Crippen LogP contribution in [0.15, 0.2) is 0 Å². The van der Waals surface area contributed by atoms with E-state index in [1.54, 1.807) is 0 Å². The Morgan fingerprint density at radius 3 is 2.72 bits per heavy atom. The highest BCUT2D eigenvalue weighted by Crippen LogP contribution is 2.32. The fourth-order valence-corrected chi connectivity index (χ4v) is 1.66. The maximum Gasteiger partial charge on any atom is 0.337 e. The van der Waals surface area contributed by atoms with Crippen LogP contribution in [0.25, 0.3) is 0 Å². The molecule has 0 spiro atoms. The summed E-state index contributed by atoms with van der Waals surface area (Å²) in [5.74, 6) is 0.396. The molecule has 1 fully saturated rings. The number of esters is 2. The standard InChI is InChI=1S/C12H16O6/c1-4-6-12(7-5-10(13)15-2)17-8-9(18-12)11(14)16-3/h1,9H,5-8H2,2-3H3/t9-,12+/m1/s1. The monoisotopic (exact) mass is 256 g/mol. The van der Waals surface area contributed by atoms with E-state index in [0.717, 1.165) is 0 Å². The second-order valence-corrected chi connectivity index (χ2v) is 3.81. The van der Waals surface area contributed by atoms with Gasteiger partial charge in [-0.05, 0) is 0 Å². The summed E-state index contributed by atoms with van der Waals surface area (Å²) in [6.45, 7) is 0.0650. The van der Waals surface area contributed by atoms with Gasteiger partial charge in [0.2, 0.25) is 0 Å². The summed E-state index contributed by atoms with van der Waals surface area (Å²) >= 11 is 0. The minimum Gasteiger partial charge on any atom is -0.469 e. The number of hydrogen-bond acceptors (Lipinski definition) is 6. The topological polar surface area (TPSA) is 71.1 Å². The number of methoxy groups -OCH3 is 2. The average Bonchev–Trinajstić information content (AvgIpc) is 2.80. The second-order valence-electron chi connectivity index (χ2n) is 3.81. The average molecular weight is 256 g/mol. The molecule has 1 saturated heterocycles. The van der Waals surface area contributed by atoms with Crippen molar-refractivity contribution in [3.05, 3.63) is 0 Å². The van der Waals surface area contributed by atoms with E-state index in [-0.39, 0.29) is 31.8 Å². The highest BCUT2D eigenvalue weighted by atomic mass is 16.8. The zero-order chi connectivity index (χ0) is 13.6. The Balaban J connectivity index is 2.63. The Kier molecular flexibility index (Phi) is 5.13. The number of rotatable bonds is 5. The van der Waals surface area contributed by atoms with Gasteiger partial charge in [0, 0.05) is 6.42 Å². The van der Waals surface area contributed by atoms with Gasteiger partial charge in [-0.1, -0.05) is 0 Å². The number of carbonyl (C=O) groups is 2. The number of terminal acetylenes is 1. The maximum absolute atomic E-state index is 11.3. The smallest absolute Gasteiger partial charge is 0.337 e. The molecule has 0 aromatic carbocycles. The fourth-order valence-electron chi connectivity index (χ4n) is 1.66. The van der Waals surface area contributed by atoms with Crippen molar-refractivity contribution >= 4 is 11.9 Å². The van der Waals surface area contributed by atoms with E-state index in [4.69, 9.17) is 15.9 Å². The van der Waals surface area contributed by atoms with Crippen LogP contribution < -0.4 is 0 Å². The van der Waals surface area contributed by atoms with Crippen LogP contribution in [-0.2, 0) is 28.5 Å². The molecule has 1 aliphatic rings. The maximum atomic E-state index is 11.3. The van der Waals surface area contributed by atoms with E-state index in [1.165, 1.54) is 14.2 Å². The number of ether oxygens (including phenoxy) is 4. The Hall–Kier alpha value is -1.58. The van der Waals surface area contributed by atoms with Gasteiger partial charge in [0.25, 0.3) is 0 Å². The normalized spacial score (nSPS) is 26.4. The zero-order valence-electron chi connectivity index (χ0n) is 10.4. The van der Waals surface area contributed by atoms with Crippen LogP contribution in [0.4, 0.5) is 0 Å². The largest absolute Gasteiger partial charge is 0.469 e. The molecule has 0 amide bonds. The summed E-state index contributed by atoms with van der Waals surface area (Å²) in [6, 6.07) is 0. The molecule has 1 rings (SSSR count). The van der Waals surface area contributed by atoms with E-state index in [2.05, 4.69) is 15.4 Å². The molecule has 2 atom stereocenters. The molecule has 0 radical (unpaired) electrons. The first-order valence-corrected chi connectivity index (χ1v) is 5.47. The summed E-state index contributed by atoms with van der Waals surface area (Å²) in [7, 11) is 2.56. The summed E-state index contributed by atoms with van der Waals surface area (Å²) in [4.78, 5) is 22.4. The van der Waals surface area contributed by atoms with E-state index in [1.807, 2.05) is 0 Å². The summed E-state index contributed by atoms with van der Waals surface area (Å²) in [5.41, 5.74) is 0. The van der Waals surface area contributed by atoms with Gasteiger partial charge >= 0.3 is 11.9 Å². The van der Waals surface area contributed by atoms with Gasteiger partial charge in [-0.3, -0.25) is 4.79 Å². The first-order valence-electron chi connectivity index (χ1n) is 5.47. The molecular formula is C12H16O6. The van der Waals surface area contributed by atoms with Crippen molar-refractivity contribution in [1.29, 1.82) is 0 Å². The molecule has 0 aliphatic carbocycles. The van der Waals surface area contributed by atoms with Gasteiger partial charge in [-0.15, -0.1) is 12.3 Å². The van der Waals surface area contributed by atoms with Gasteiger partial charge in [0.05, 0.1) is 33.7 Å². The van der Waals surface area contributed by atoms with Crippen molar-refractivity contribution in [1.82, 2.24) is 0 Å². The van der Waals surface area contributed by atoms with Gasteiger partial charge in [0.15, 0.2) is 11.9 Å². The lowest BCUT2D eigenvalue weighted by Gasteiger charge is -2.25. The van der Waals surface area contributed by atoms with Crippen molar-refractivity contribution in [2.24, 2.45) is 0 Å². The summed E-state index contributed by atoms with van der Waals surface area (Å²) < 4.78 is 20.0. The molecule has 6 nitrogen and oxygen atoms in total. The van der Waals surface area contributed by atoms with Gasteiger partial charge < -0.3 is 18.9 Å². The molecule has 1 aliphatic heterocycles. The zero-order valence-corrected chi connectivity index (χ0v) is 10.4.